The van der Waals surface area contributed by atoms with E-state index in [1.54, 1.807) is 0 Å². The molecular formula is C22H38O4. The predicted molar refractivity (Wildman–Crippen MR) is 105 cm³/mol. The zero-order valence-corrected chi connectivity index (χ0v) is 17.4. The Kier molecular flexibility index (Phi) is 9.02. The summed E-state index contributed by atoms with van der Waals surface area (Å²) < 4.78 is 0. The Labute approximate surface area is 159 Å². The fraction of sp³-hybridized carbons (Fsp3) is 0.818. The first-order chi connectivity index (χ1) is 12.1. The minimum absolute atomic E-state index is 0.0457. The average Bonchev–Trinajstić information content (AvgIpc) is 2.78. The van der Waals surface area contributed by atoms with Crippen LogP contribution in [-0.2, 0) is 9.59 Å². The topological polar surface area (TPSA) is 74.6 Å². The highest BCUT2D eigenvalue weighted by molar-refractivity contribution is 5.99. The van der Waals surface area contributed by atoms with Crippen molar-refractivity contribution in [2.24, 2.45) is 29.6 Å². The molecule has 0 amide bonds. The first kappa shape index (κ1) is 22.9. The number of aliphatic hydroxyl groups is 2. The molecule has 0 radical (unpaired) electrons. The van der Waals surface area contributed by atoms with Gasteiger partial charge in [-0.1, -0.05) is 48.0 Å². The molecule has 0 aliphatic heterocycles. The number of Topliss-reactive ketones (excluding diaryl/α,β-unsaturated/α-hetero) is 2. The van der Waals surface area contributed by atoms with Gasteiger partial charge in [-0.05, 0) is 37.0 Å². The van der Waals surface area contributed by atoms with Gasteiger partial charge in [0.15, 0.2) is 5.78 Å². The van der Waals surface area contributed by atoms with Crippen LogP contribution in [0.5, 0.6) is 0 Å². The monoisotopic (exact) mass is 366 g/mol. The van der Waals surface area contributed by atoms with E-state index in [0.717, 1.165) is 12.8 Å². The van der Waals surface area contributed by atoms with Crippen LogP contribution in [0, 0.1) is 29.6 Å². The van der Waals surface area contributed by atoms with E-state index in [4.69, 9.17) is 0 Å². The first-order valence-electron chi connectivity index (χ1n) is 10.2. The van der Waals surface area contributed by atoms with Gasteiger partial charge in [-0.15, -0.1) is 0 Å². The molecule has 2 N–H and O–H groups in total. The molecule has 4 heteroatoms. The van der Waals surface area contributed by atoms with Crippen LogP contribution in [-0.4, -0.2) is 27.9 Å². The summed E-state index contributed by atoms with van der Waals surface area (Å²) in [5, 5.41) is 21.5. The lowest BCUT2D eigenvalue weighted by molar-refractivity contribution is -0.125. The van der Waals surface area contributed by atoms with Crippen LogP contribution in [0.25, 0.3) is 0 Å². The molecule has 0 spiro atoms. The molecule has 0 saturated carbocycles. The van der Waals surface area contributed by atoms with E-state index >= 15 is 0 Å². The lowest BCUT2D eigenvalue weighted by atomic mass is 9.82. The largest absolute Gasteiger partial charge is 0.511 e. The molecular weight excluding hydrogens is 328 g/mol. The number of aliphatic hydroxyl groups excluding tert-OH is 2. The fourth-order valence-corrected chi connectivity index (χ4v) is 3.61. The molecule has 0 fully saturated rings. The molecule has 0 aromatic rings. The maximum atomic E-state index is 12.8. The van der Waals surface area contributed by atoms with E-state index in [9.17, 15) is 19.8 Å². The van der Waals surface area contributed by atoms with Crippen LogP contribution in [0.1, 0.15) is 80.1 Å². The molecule has 0 saturated heterocycles. The van der Waals surface area contributed by atoms with Crippen LogP contribution < -0.4 is 0 Å². The van der Waals surface area contributed by atoms with Crippen molar-refractivity contribution in [2.45, 2.75) is 86.2 Å². The van der Waals surface area contributed by atoms with E-state index < -0.39 is 12.0 Å². The smallest absolute Gasteiger partial charge is 0.164 e. The standard InChI is InChI=1S/C22H38O4/c1-13(2)7-10-16-19(17(23)11-8-14(3)4)22(26)20(21(16)25)18(24)12-9-15(5)6/h13-16,19,21,25-26H,7-12H2,1-6H3/t16-,19?,21?/m0/s1. The van der Waals surface area contributed by atoms with Crippen molar-refractivity contribution < 1.29 is 19.8 Å². The molecule has 0 aromatic carbocycles. The minimum Gasteiger partial charge on any atom is -0.511 e. The second-order valence-electron chi connectivity index (χ2n) is 9.11. The number of rotatable bonds is 11. The normalized spacial score (nSPS) is 23.5. The van der Waals surface area contributed by atoms with Gasteiger partial charge in [-0.2, -0.15) is 0 Å². The van der Waals surface area contributed by atoms with E-state index in [1.165, 1.54) is 0 Å². The number of allylic oxidation sites excluding steroid dienone is 1. The third kappa shape index (κ3) is 6.22. The van der Waals surface area contributed by atoms with Crippen molar-refractivity contribution in [2.75, 3.05) is 0 Å². The molecule has 3 atom stereocenters. The summed E-state index contributed by atoms with van der Waals surface area (Å²) in [6, 6.07) is 0. The zero-order chi connectivity index (χ0) is 20.0. The quantitative estimate of drug-likeness (QED) is 0.548. The van der Waals surface area contributed by atoms with Gasteiger partial charge < -0.3 is 10.2 Å². The third-order valence-corrected chi connectivity index (χ3v) is 5.34. The van der Waals surface area contributed by atoms with Crippen LogP contribution in [0.2, 0.25) is 0 Å². The highest BCUT2D eigenvalue weighted by Gasteiger charge is 2.47. The molecule has 0 bridgehead atoms. The number of carbonyl (C=O) groups is 2. The maximum Gasteiger partial charge on any atom is 0.164 e. The van der Waals surface area contributed by atoms with Crippen molar-refractivity contribution >= 4 is 11.6 Å². The van der Waals surface area contributed by atoms with Crippen molar-refractivity contribution in [1.82, 2.24) is 0 Å². The Morgan fingerprint density at radius 1 is 0.885 bits per heavy atom. The molecule has 2 unspecified atom stereocenters. The lowest BCUT2D eigenvalue weighted by Crippen LogP contribution is -2.29. The van der Waals surface area contributed by atoms with Gasteiger partial charge in [0.25, 0.3) is 0 Å². The summed E-state index contributed by atoms with van der Waals surface area (Å²) in [5.41, 5.74) is 0.0994. The Hall–Kier alpha value is -1.16. The number of carbonyl (C=O) groups excluding carboxylic acids is 2. The second-order valence-corrected chi connectivity index (χ2v) is 9.11. The third-order valence-electron chi connectivity index (χ3n) is 5.34. The number of hydrogen-bond acceptors (Lipinski definition) is 4. The Balaban J connectivity index is 3.03. The minimum atomic E-state index is -1.03. The molecule has 4 nitrogen and oxygen atoms in total. The van der Waals surface area contributed by atoms with E-state index in [0.29, 0.717) is 43.4 Å². The van der Waals surface area contributed by atoms with Gasteiger partial charge in [-0.25, -0.2) is 0 Å². The molecule has 0 heterocycles. The first-order valence-corrected chi connectivity index (χ1v) is 10.2. The molecule has 150 valence electrons. The van der Waals surface area contributed by atoms with E-state index in [1.807, 2.05) is 13.8 Å². The molecule has 1 aliphatic rings. The second kappa shape index (κ2) is 10.2. The van der Waals surface area contributed by atoms with Crippen LogP contribution >= 0.6 is 0 Å². The lowest BCUT2D eigenvalue weighted by Gasteiger charge is -2.23. The van der Waals surface area contributed by atoms with Crippen molar-refractivity contribution in [1.29, 1.82) is 0 Å². The summed E-state index contributed by atoms with van der Waals surface area (Å²) >= 11 is 0. The van der Waals surface area contributed by atoms with Gasteiger partial charge in [-0.3, -0.25) is 9.59 Å². The number of hydrogen-bond donors (Lipinski definition) is 2. The van der Waals surface area contributed by atoms with Gasteiger partial charge in [0.1, 0.15) is 11.5 Å². The van der Waals surface area contributed by atoms with Crippen LogP contribution in [0.3, 0.4) is 0 Å². The Bertz CT molecular complexity index is 516. The van der Waals surface area contributed by atoms with Crippen LogP contribution in [0.15, 0.2) is 11.3 Å². The molecule has 26 heavy (non-hydrogen) atoms. The van der Waals surface area contributed by atoms with Crippen molar-refractivity contribution in [3.63, 3.8) is 0 Å². The average molecular weight is 367 g/mol. The predicted octanol–water partition coefficient (Wildman–Crippen LogP) is 4.85. The summed E-state index contributed by atoms with van der Waals surface area (Å²) in [4.78, 5) is 25.4. The zero-order valence-electron chi connectivity index (χ0n) is 17.4. The molecule has 0 aromatic heterocycles. The van der Waals surface area contributed by atoms with E-state index in [2.05, 4.69) is 27.7 Å². The van der Waals surface area contributed by atoms with Gasteiger partial charge in [0, 0.05) is 18.8 Å². The fourth-order valence-electron chi connectivity index (χ4n) is 3.61. The van der Waals surface area contributed by atoms with Gasteiger partial charge >= 0.3 is 0 Å². The van der Waals surface area contributed by atoms with E-state index in [-0.39, 0.29) is 28.8 Å². The van der Waals surface area contributed by atoms with Crippen molar-refractivity contribution in [3.8, 4) is 0 Å². The summed E-state index contributed by atoms with van der Waals surface area (Å²) in [5.74, 6) is -0.299. The Morgan fingerprint density at radius 2 is 1.38 bits per heavy atom. The number of ketones is 2. The Morgan fingerprint density at radius 3 is 1.88 bits per heavy atom. The van der Waals surface area contributed by atoms with Crippen LogP contribution in [0.4, 0.5) is 0 Å². The highest BCUT2D eigenvalue weighted by atomic mass is 16.3. The van der Waals surface area contributed by atoms with Gasteiger partial charge in [0.2, 0.25) is 0 Å². The van der Waals surface area contributed by atoms with Gasteiger partial charge in [0.05, 0.1) is 17.6 Å². The van der Waals surface area contributed by atoms with Crippen molar-refractivity contribution in [3.05, 3.63) is 11.3 Å². The molecule has 1 aliphatic carbocycles. The highest BCUT2D eigenvalue weighted by Crippen LogP contribution is 2.41. The maximum absolute atomic E-state index is 12.8. The summed E-state index contributed by atoms with van der Waals surface area (Å²) in [6.45, 7) is 12.4. The summed E-state index contributed by atoms with van der Waals surface area (Å²) in [7, 11) is 0. The SMILES string of the molecule is CC(C)CCC(=O)C1=C(O)C(C(=O)CCC(C)C)[C@H](CCC(C)C)C1O. The summed E-state index contributed by atoms with van der Waals surface area (Å²) in [6.07, 6.45) is 2.62. The molecule has 1 rings (SSSR count).